The summed E-state index contributed by atoms with van der Waals surface area (Å²) in [5.41, 5.74) is -1.97. The Morgan fingerprint density at radius 3 is 1.85 bits per heavy atom. The van der Waals surface area contributed by atoms with Crippen molar-refractivity contribution in [2.75, 3.05) is 19.6 Å². The van der Waals surface area contributed by atoms with Crippen molar-refractivity contribution in [3.05, 3.63) is 11.8 Å². The topological polar surface area (TPSA) is 191 Å². The van der Waals surface area contributed by atoms with Crippen LogP contribution in [0.1, 0.15) is 132 Å². The molecular weight excluding hydrogens is 612 g/mol. The Balaban J connectivity index is 2.09. The maximum Gasteiger partial charge on any atom is 0.410 e. The Morgan fingerprint density at radius 1 is 0.787 bits per heavy atom. The molecule has 1 aliphatic rings. The largest absolute Gasteiger partial charge is 0.444 e. The van der Waals surface area contributed by atoms with Crippen molar-refractivity contribution < 1.29 is 42.6 Å². The molecule has 0 saturated carbocycles. The molecule has 4 amide bonds. The number of rotatable bonds is 12. The third-order valence-corrected chi connectivity index (χ3v) is 6.66. The molecule has 1 aromatic rings. The van der Waals surface area contributed by atoms with Crippen LogP contribution in [-0.4, -0.2) is 81.5 Å². The van der Waals surface area contributed by atoms with E-state index >= 15 is 0 Å². The maximum atomic E-state index is 13.3. The molecule has 0 unspecified atom stereocenters. The summed E-state index contributed by atoms with van der Waals surface area (Å²) in [7, 11) is 0. The van der Waals surface area contributed by atoms with Crippen LogP contribution in [0, 0.1) is 5.92 Å². The zero-order chi connectivity index (χ0) is 35.6. The van der Waals surface area contributed by atoms with Gasteiger partial charge in [-0.25, -0.2) is 14.4 Å². The van der Waals surface area contributed by atoms with E-state index in [0.29, 0.717) is 51.7 Å². The van der Waals surface area contributed by atoms with E-state index in [4.69, 9.17) is 18.6 Å². The summed E-state index contributed by atoms with van der Waals surface area (Å²) in [6, 6.07) is -1.62. The monoisotopic (exact) mass is 666 g/mol. The number of alkyl carbamates (subject to hydrolysis) is 2. The molecule has 0 spiro atoms. The number of piperidine rings is 1. The lowest BCUT2D eigenvalue weighted by atomic mass is 9.95. The fourth-order valence-electron chi connectivity index (χ4n) is 4.64. The first-order chi connectivity index (χ1) is 21.6. The van der Waals surface area contributed by atoms with Gasteiger partial charge in [0.2, 0.25) is 17.7 Å². The first-order valence-corrected chi connectivity index (χ1v) is 16.2. The normalized spacial score (nSPS) is 15.7. The lowest BCUT2D eigenvalue weighted by Gasteiger charge is -2.33. The SMILES string of the molecule is CC(=O)C[C@H](NC(=O)C1CCN(C(=O)OC(C)(C)C)CC1)c1nnc([C@H](CCCCNC(=O)OC(C)(C)C)NC(=O)OC(C)(C)C)o1. The molecule has 0 bridgehead atoms. The molecule has 2 atom stereocenters. The highest BCUT2D eigenvalue weighted by Crippen LogP contribution is 2.26. The fourth-order valence-corrected chi connectivity index (χ4v) is 4.64. The summed E-state index contributed by atoms with van der Waals surface area (Å²) in [6.45, 7) is 18.4. The van der Waals surface area contributed by atoms with Crippen LogP contribution >= 0.6 is 0 Å². The van der Waals surface area contributed by atoms with Crippen molar-refractivity contribution in [1.82, 2.24) is 31.0 Å². The average Bonchev–Trinajstić information content (AvgIpc) is 3.39. The number of hydrogen-bond acceptors (Lipinski definition) is 11. The second-order valence-corrected chi connectivity index (χ2v) is 14.8. The predicted octanol–water partition coefficient (Wildman–Crippen LogP) is 5.11. The van der Waals surface area contributed by atoms with Crippen LogP contribution in [0.2, 0.25) is 0 Å². The highest BCUT2D eigenvalue weighted by atomic mass is 16.6. The molecule has 1 aromatic heterocycles. The van der Waals surface area contributed by atoms with Crippen molar-refractivity contribution in [3.63, 3.8) is 0 Å². The van der Waals surface area contributed by atoms with Gasteiger partial charge in [0.15, 0.2) is 0 Å². The van der Waals surface area contributed by atoms with Gasteiger partial charge in [-0.2, -0.15) is 0 Å². The van der Waals surface area contributed by atoms with Crippen LogP contribution in [0.15, 0.2) is 4.42 Å². The van der Waals surface area contributed by atoms with Crippen LogP contribution in [0.5, 0.6) is 0 Å². The van der Waals surface area contributed by atoms with Crippen LogP contribution < -0.4 is 16.0 Å². The Hall–Kier alpha value is -3.91. The Bertz CT molecular complexity index is 1220. The molecule has 15 heteroatoms. The van der Waals surface area contributed by atoms with E-state index in [9.17, 15) is 24.0 Å². The number of likely N-dealkylation sites (tertiary alicyclic amines) is 1. The molecule has 2 heterocycles. The van der Waals surface area contributed by atoms with E-state index in [-0.39, 0.29) is 35.8 Å². The molecule has 15 nitrogen and oxygen atoms in total. The van der Waals surface area contributed by atoms with Gasteiger partial charge in [0, 0.05) is 32.0 Å². The molecule has 0 aliphatic carbocycles. The minimum Gasteiger partial charge on any atom is -0.444 e. The van der Waals surface area contributed by atoms with Gasteiger partial charge in [0.25, 0.3) is 0 Å². The lowest BCUT2D eigenvalue weighted by Crippen LogP contribution is -2.45. The van der Waals surface area contributed by atoms with Crippen molar-refractivity contribution in [1.29, 1.82) is 0 Å². The van der Waals surface area contributed by atoms with E-state index in [0.717, 1.165) is 0 Å². The van der Waals surface area contributed by atoms with Crippen LogP contribution in [0.4, 0.5) is 14.4 Å². The van der Waals surface area contributed by atoms with Crippen molar-refractivity contribution in [2.45, 2.75) is 137 Å². The number of Topliss-reactive ketones (excluding diaryl/α,β-unsaturated/α-hetero) is 1. The predicted molar refractivity (Wildman–Crippen MR) is 171 cm³/mol. The summed E-state index contributed by atoms with van der Waals surface area (Å²) in [5, 5.41) is 16.6. The quantitative estimate of drug-likeness (QED) is 0.198. The standard InChI is InChI=1S/C32H54N6O9/c1-20(39)19-23(34-24(40)21-14-17-38(18-15-21)29(43)47-32(8,9)10)26-37-36-25(44-26)22(35-28(42)46-31(5,6)7)13-11-12-16-33-27(41)45-30(2,3)4/h21-23H,11-19H2,1-10H3,(H,33,41)(H,34,40)(H,35,42)/t22-,23-/m0/s1. The number of aromatic nitrogens is 2. The van der Waals surface area contributed by atoms with E-state index in [1.54, 1.807) is 67.2 Å². The molecular formula is C32H54N6O9. The second-order valence-electron chi connectivity index (χ2n) is 14.8. The first-order valence-electron chi connectivity index (χ1n) is 16.2. The highest BCUT2D eigenvalue weighted by molar-refractivity contribution is 5.81. The zero-order valence-corrected chi connectivity index (χ0v) is 29.6. The Morgan fingerprint density at radius 2 is 1.32 bits per heavy atom. The molecule has 0 aromatic carbocycles. The molecule has 1 fully saturated rings. The van der Waals surface area contributed by atoms with Crippen molar-refractivity contribution in [3.8, 4) is 0 Å². The highest BCUT2D eigenvalue weighted by Gasteiger charge is 2.33. The van der Waals surface area contributed by atoms with Gasteiger partial charge < -0.3 is 39.5 Å². The van der Waals surface area contributed by atoms with Gasteiger partial charge in [-0.3, -0.25) is 9.59 Å². The number of carbonyl (C=O) groups excluding carboxylic acids is 5. The molecule has 47 heavy (non-hydrogen) atoms. The number of amides is 4. The molecule has 1 saturated heterocycles. The second kappa shape index (κ2) is 16.8. The first kappa shape index (κ1) is 39.3. The molecule has 0 radical (unpaired) electrons. The summed E-state index contributed by atoms with van der Waals surface area (Å²) < 4.78 is 22.1. The van der Waals surface area contributed by atoms with E-state index in [1.807, 2.05) is 0 Å². The smallest absolute Gasteiger partial charge is 0.410 e. The Kier molecular flexibility index (Phi) is 14.0. The van der Waals surface area contributed by atoms with Gasteiger partial charge in [-0.05, 0) is 101 Å². The van der Waals surface area contributed by atoms with Crippen molar-refractivity contribution in [2.24, 2.45) is 5.92 Å². The van der Waals surface area contributed by atoms with Gasteiger partial charge in [-0.1, -0.05) is 0 Å². The third kappa shape index (κ3) is 15.5. The molecule has 2 rings (SSSR count). The molecule has 266 valence electrons. The van der Waals surface area contributed by atoms with Gasteiger partial charge >= 0.3 is 18.3 Å². The summed E-state index contributed by atoms with van der Waals surface area (Å²) >= 11 is 0. The number of unbranched alkanes of at least 4 members (excludes halogenated alkanes) is 1. The van der Waals surface area contributed by atoms with Gasteiger partial charge in [-0.15, -0.1) is 10.2 Å². The Labute approximate surface area is 277 Å². The number of nitrogens with one attached hydrogen (secondary N) is 3. The maximum absolute atomic E-state index is 13.3. The summed E-state index contributed by atoms with van der Waals surface area (Å²) in [4.78, 5) is 64.0. The number of ketones is 1. The molecule has 3 N–H and O–H groups in total. The van der Waals surface area contributed by atoms with E-state index in [2.05, 4.69) is 26.1 Å². The number of ether oxygens (including phenoxy) is 3. The average molecular weight is 667 g/mol. The minimum atomic E-state index is -0.884. The van der Waals surface area contributed by atoms with Crippen molar-refractivity contribution >= 4 is 30.0 Å². The van der Waals surface area contributed by atoms with Crippen LogP contribution in [0.3, 0.4) is 0 Å². The number of hydrogen-bond donors (Lipinski definition) is 3. The summed E-state index contributed by atoms with van der Waals surface area (Å²) in [5.74, 6) is -0.769. The number of nitrogens with zero attached hydrogens (tertiary/aromatic N) is 3. The van der Waals surface area contributed by atoms with Crippen LogP contribution in [0.25, 0.3) is 0 Å². The van der Waals surface area contributed by atoms with E-state index < -0.39 is 47.2 Å². The minimum absolute atomic E-state index is 0.0253. The number of carbonyl (C=O) groups is 5. The van der Waals surface area contributed by atoms with Crippen LogP contribution in [-0.2, 0) is 23.8 Å². The molecule has 1 aliphatic heterocycles. The zero-order valence-electron chi connectivity index (χ0n) is 29.6. The fraction of sp³-hybridized carbons (Fsp3) is 0.781. The summed E-state index contributed by atoms with van der Waals surface area (Å²) in [6.07, 6.45) is 0.663. The third-order valence-electron chi connectivity index (χ3n) is 6.66. The van der Waals surface area contributed by atoms with E-state index in [1.165, 1.54) is 6.92 Å². The van der Waals surface area contributed by atoms with Gasteiger partial charge in [0.1, 0.15) is 34.7 Å². The lowest BCUT2D eigenvalue weighted by molar-refractivity contribution is -0.127. The van der Waals surface area contributed by atoms with Gasteiger partial charge in [0.05, 0.1) is 0 Å².